The van der Waals surface area contributed by atoms with Gasteiger partial charge in [-0.05, 0) is 45.8 Å². The van der Waals surface area contributed by atoms with Crippen molar-refractivity contribution >= 4 is 21.8 Å². The number of benzene rings is 6. The van der Waals surface area contributed by atoms with Crippen LogP contribution in [-0.2, 0) is 32.7 Å². The quantitative estimate of drug-likeness (QED) is 0.150. The number of halogens is 3. The topological polar surface area (TPSA) is 44.9 Å². The summed E-state index contributed by atoms with van der Waals surface area (Å²) < 4.78 is 51.4. The third-order valence-electron chi connectivity index (χ3n) is 10.1. The third kappa shape index (κ3) is 7.25. The predicted molar refractivity (Wildman–Crippen MR) is 220 cm³/mol. The molecule has 0 radical (unpaired) electrons. The second-order valence-electron chi connectivity index (χ2n) is 14.9. The molecule has 0 aliphatic rings. The second kappa shape index (κ2) is 15.3. The minimum Gasteiger partial charge on any atom is -0.509 e. The van der Waals surface area contributed by atoms with Crippen LogP contribution in [0.2, 0.25) is 0 Å². The van der Waals surface area contributed by atoms with E-state index in [9.17, 15) is 13.2 Å². The maximum atomic E-state index is 13.8. The van der Waals surface area contributed by atoms with Crippen molar-refractivity contribution in [3.05, 3.63) is 181 Å². The summed E-state index contributed by atoms with van der Waals surface area (Å²) in [6.45, 7) is 6.62. The Hall–Kier alpha value is -6.24. The average Bonchev–Trinajstić information content (AvgIpc) is 3.78. The van der Waals surface area contributed by atoms with Crippen molar-refractivity contribution in [2.75, 3.05) is 0 Å². The van der Waals surface area contributed by atoms with Gasteiger partial charge in [-0.25, -0.2) is 4.98 Å². The van der Waals surface area contributed by atoms with Crippen LogP contribution < -0.4 is 4.74 Å². The van der Waals surface area contributed by atoms with Crippen LogP contribution in [0.5, 0.6) is 11.5 Å². The zero-order valence-electron chi connectivity index (χ0n) is 31.7. The molecule has 0 unspecified atom stereocenters. The van der Waals surface area contributed by atoms with Crippen molar-refractivity contribution in [3.63, 3.8) is 0 Å². The van der Waals surface area contributed by atoms with Crippen LogP contribution in [0.25, 0.3) is 67.0 Å². The number of alkyl halides is 3. The van der Waals surface area contributed by atoms with E-state index in [-0.39, 0.29) is 32.3 Å². The van der Waals surface area contributed by atoms with Gasteiger partial charge in [0.05, 0.1) is 11.3 Å². The summed E-state index contributed by atoms with van der Waals surface area (Å²) in [4.78, 5) is 4.34. The molecule has 9 heteroatoms. The fourth-order valence-corrected chi connectivity index (χ4v) is 7.29. The molecule has 0 bridgehead atoms. The number of fused-ring (bicyclic) bond motifs is 3. The first kappa shape index (κ1) is 38.6. The molecule has 0 aliphatic carbocycles. The van der Waals surface area contributed by atoms with Gasteiger partial charge in [0.15, 0.2) is 0 Å². The van der Waals surface area contributed by atoms with E-state index in [1.807, 2.05) is 83.5 Å². The molecule has 3 heterocycles. The summed E-state index contributed by atoms with van der Waals surface area (Å²) in [5, 5.41) is 6.95. The normalized spacial score (nSPS) is 11.8. The first-order chi connectivity index (χ1) is 27.5. The van der Waals surface area contributed by atoms with Gasteiger partial charge < -0.3 is 9.30 Å². The van der Waals surface area contributed by atoms with E-state index in [1.54, 1.807) is 16.7 Å². The molecule has 0 fully saturated rings. The van der Waals surface area contributed by atoms with Gasteiger partial charge in [0.1, 0.15) is 11.5 Å². The molecule has 6 aromatic carbocycles. The summed E-state index contributed by atoms with van der Waals surface area (Å²) in [5.41, 5.74) is 8.05. The van der Waals surface area contributed by atoms with Crippen LogP contribution in [0.15, 0.2) is 158 Å². The molecule has 5 nitrogen and oxygen atoms in total. The van der Waals surface area contributed by atoms with Gasteiger partial charge in [0, 0.05) is 39.9 Å². The van der Waals surface area contributed by atoms with Gasteiger partial charge in [-0.2, -0.15) is 30.4 Å². The molecule has 0 atom stereocenters. The van der Waals surface area contributed by atoms with Crippen molar-refractivity contribution < 1.29 is 39.0 Å². The number of hydrogen-bond donors (Lipinski definition) is 0. The molecule has 0 amide bonds. The molecule has 288 valence electrons. The van der Waals surface area contributed by atoms with E-state index in [1.165, 1.54) is 11.8 Å². The van der Waals surface area contributed by atoms with Crippen LogP contribution in [0.4, 0.5) is 13.2 Å². The largest absolute Gasteiger partial charge is 2.00 e. The Bertz CT molecular complexity index is 2890. The number of hydrogen-bond acceptors (Lipinski definition) is 3. The standard InChI is InChI=1S/C49H35F3N4O.Pt/c1-48(2,3)35-23-21-32(22-24-35)45-46(33-13-6-4-7-14-33)54-56(47(45)34-15-8-5-9-16-34)37-17-12-18-38(30-37)57-39-25-26-41-40-19-10-11-20-42(40)55(43(41)31-39)44-29-36(27-28-53-44)49(50,51)52;/h4-29H,1-3H3;/q-2;+2. The first-order valence-corrected chi connectivity index (χ1v) is 18.6. The summed E-state index contributed by atoms with van der Waals surface area (Å²) in [6, 6.07) is 54.7. The van der Waals surface area contributed by atoms with Crippen molar-refractivity contribution in [2.45, 2.75) is 32.4 Å². The van der Waals surface area contributed by atoms with Crippen molar-refractivity contribution in [3.8, 4) is 56.6 Å². The minimum absolute atomic E-state index is 0. The molecule has 9 aromatic rings. The Labute approximate surface area is 348 Å². The van der Waals surface area contributed by atoms with Crippen LogP contribution in [0.3, 0.4) is 0 Å². The van der Waals surface area contributed by atoms with Crippen LogP contribution in [0, 0.1) is 12.1 Å². The Morgan fingerprint density at radius 1 is 0.603 bits per heavy atom. The molecule has 0 N–H and O–H groups in total. The second-order valence-corrected chi connectivity index (χ2v) is 14.9. The number of nitrogens with zero attached hydrogens (tertiary/aromatic N) is 4. The molecular weight excluding hydrogens is 913 g/mol. The summed E-state index contributed by atoms with van der Waals surface area (Å²) in [6.07, 6.45) is -3.35. The van der Waals surface area contributed by atoms with Gasteiger partial charge in [-0.15, -0.1) is 35.7 Å². The number of aromatic nitrogens is 4. The minimum atomic E-state index is -4.52. The van der Waals surface area contributed by atoms with E-state index < -0.39 is 11.7 Å². The molecule has 0 saturated heterocycles. The molecule has 0 spiro atoms. The zero-order valence-corrected chi connectivity index (χ0v) is 33.9. The number of ether oxygens (including phenoxy) is 1. The van der Waals surface area contributed by atoms with Crippen LogP contribution in [0.1, 0.15) is 31.9 Å². The predicted octanol–water partition coefficient (Wildman–Crippen LogP) is 13.1. The van der Waals surface area contributed by atoms with Gasteiger partial charge in [0.25, 0.3) is 0 Å². The number of pyridine rings is 1. The molecule has 0 aliphatic heterocycles. The molecule has 9 rings (SSSR count). The van der Waals surface area contributed by atoms with E-state index in [0.717, 1.165) is 56.5 Å². The van der Waals surface area contributed by atoms with E-state index in [2.05, 4.69) is 86.4 Å². The Morgan fingerprint density at radius 3 is 1.98 bits per heavy atom. The van der Waals surface area contributed by atoms with Crippen LogP contribution >= 0.6 is 0 Å². The zero-order chi connectivity index (χ0) is 39.3. The molecule has 0 saturated carbocycles. The van der Waals surface area contributed by atoms with Crippen molar-refractivity contribution in [2.24, 2.45) is 0 Å². The average molecular weight is 948 g/mol. The smallest absolute Gasteiger partial charge is 0.509 e. The SMILES string of the molecule is CC(C)(C)c1ccc(-c2c(-c3ccccc3)nn(-c3[c-]c(Oc4[c-]c5c(cc4)c4ccccc4n5-c4cc(C(F)(F)F)ccn4)ccc3)c2-c2ccccc2)cc1.[Pt+2]. The fraction of sp³-hybridized carbons (Fsp3) is 0.102. The monoisotopic (exact) mass is 947 g/mol. The van der Waals surface area contributed by atoms with Gasteiger partial charge in [0.2, 0.25) is 0 Å². The molecule has 3 aromatic heterocycles. The van der Waals surface area contributed by atoms with E-state index in [4.69, 9.17) is 9.84 Å². The third-order valence-corrected chi connectivity index (χ3v) is 10.1. The molecule has 58 heavy (non-hydrogen) atoms. The van der Waals surface area contributed by atoms with E-state index >= 15 is 0 Å². The molecular formula is C49H35F3N4OPt. The Balaban J connectivity index is 0.00000469. The maximum Gasteiger partial charge on any atom is 2.00 e. The van der Waals surface area contributed by atoms with Crippen molar-refractivity contribution in [1.29, 1.82) is 0 Å². The summed E-state index contributed by atoms with van der Waals surface area (Å²) in [5.74, 6) is 0.901. The van der Waals surface area contributed by atoms with Crippen LogP contribution in [-0.4, -0.2) is 19.3 Å². The number of para-hydroxylation sites is 1. The van der Waals surface area contributed by atoms with E-state index in [0.29, 0.717) is 28.2 Å². The first-order valence-electron chi connectivity index (χ1n) is 18.6. The Morgan fingerprint density at radius 2 is 1.28 bits per heavy atom. The van der Waals surface area contributed by atoms with Gasteiger partial charge in [-0.3, -0.25) is 4.68 Å². The summed E-state index contributed by atoms with van der Waals surface area (Å²) >= 11 is 0. The van der Waals surface area contributed by atoms with Crippen molar-refractivity contribution in [1.82, 2.24) is 19.3 Å². The van der Waals surface area contributed by atoms with Gasteiger partial charge >= 0.3 is 27.2 Å². The summed E-state index contributed by atoms with van der Waals surface area (Å²) in [7, 11) is 0. The maximum absolute atomic E-state index is 13.8. The number of rotatable bonds is 7. The fourth-order valence-electron chi connectivity index (χ4n) is 7.29. The van der Waals surface area contributed by atoms with Gasteiger partial charge in [-0.1, -0.05) is 129 Å². The Kier molecular flexibility index (Phi) is 10.2.